The van der Waals surface area contributed by atoms with E-state index in [9.17, 15) is 4.79 Å². The van der Waals surface area contributed by atoms with Crippen LogP contribution in [0.3, 0.4) is 0 Å². The zero-order valence-electron chi connectivity index (χ0n) is 12.4. The van der Waals surface area contributed by atoms with Crippen LogP contribution in [0.4, 0.5) is 4.79 Å². The number of alkyl halides is 1. The molecule has 20 heavy (non-hydrogen) atoms. The van der Waals surface area contributed by atoms with Gasteiger partial charge in [-0.15, -0.1) is 0 Å². The van der Waals surface area contributed by atoms with Crippen LogP contribution >= 0.6 is 15.9 Å². The predicted molar refractivity (Wildman–Crippen MR) is 83.5 cm³/mol. The summed E-state index contributed by atoms with van der Waals surface area (Å²) in [6, 6.07) is 7.57. The van der Waals surface area contributed by atoms with Crippen LogP contribution in [0.15, 0.2) is 24.3 Å². The minimum Gasteiger partial charge on any atom is -0.497 e. The zero-order chi connectivity index (χ0) is 15.2. The molecule has 1 N–H and O–H groups in total. The quantitative estimate of drug-likeness (QED) is 0.820. The average Bonchev–Trinajstić information content (AvgIpc) is 2.36. The molecule has 0 aromatic heterocycles. The highest BCUT2D eigenvalue weighted by molar-refractivity contribution is 9.09. The third-order valence-electron chi connectivity index (χ3n) is 2.61. The van der Waals surface area contributed by atoms with Gasteiger partial charge in [-0.2, -0.15) is 0 Å². The highest BCUT2D eigenvalue weighted by Crippen LogP contribution is 2.21. The number of hydrogen-bond donors (Lipinski definition) is 1. The van der Waals surface area contributed by atoms with Crippen molar-refractivity contribution in [1.29, 1.82) is 0 Å². The van der Waals surface area contributed by atoms with E-state index in [0.29, 0.717) is 0 Å². The van der Waals surface area contributed by atoms with Gasteiger partial charge in [-0.3, -0.25) is 0 Å². The molecule has 112 valence electrons. The van der Waals surface area contributed by atoms with Crippen LogP contribution in [0.1, 0.15) is 38.8 Å². The number of nitrogens with one attached hydrogen (secondary N) is 1. The van der Waals surface area contributed by atoms with E-state index in [1.165, 1.54) is 0 Å². The molecule has 0 bridgehead atoms. The molecule has 5 heteroatoms. The Balaban J connectivity index is 2.74. The molecule has 0 saturated carbocycles. The van der Waals surface area contributed by atoms with Crippen molar-refractivity contribution < 1.29 is 14.3 Å². The Morgan fingerprint density at radius 1 is 1.30 bits per heavy atom. The van der Waals surface area contributed by atoms with E-state index in [1.54, 1.807) is 7.11 Å². The molecule has 0 fully saturated rings. The smallest absolute Gasteiger partial charge is 0.408 e. The van der Waals surface area contributed by atoms with E-state index in [4.69, 9.17) is 9.47 Å². The Morgan fingerprint density at radius 2 is 1.90 bits per heavy atom. The largest absolute Gasteiger partial charge is 0.497 e. The van der Waals surface area contributed by atoms with E-state index in [2.05, 4.69) is 21.2 Å². The number of carbonyl (C=O) groups is 1. The van der Waals surface area contributed by atoms with Gasteiger partial charge < -0.3 is 14.8 Å². The lowest BCUT2D eigenvalue weighted by Gasteiger charge is -2.23. The van der Waals surface area contributed by atoms with Gasteiger partial charge in [-0.1, -0.05) is 28.1 Å². The van der Waals surface area contributed by atoms with Gasteiger partial charge in [0.1, 0.15) is 11.4 Å². The van der Waals surface area contributed by atoms with Crippen LogP contribution in [-0.4, -0.2) is 24.1 Å². The Hall–Kier alpha value is -1.23. The molecule has 1 aromatic rings. The standard InChI is InChI=1S/C15H22BrNO3/c1-15(2,3)20-14(18)17-13(9-10-16)11-5-7-12(19-4)8-6-11/h5-8,13H,9-10H2,1-4H3,(H,17,18)/t13-/m0/s1. The third-order valence-corrected chi connectivity index (χ3v) is 3.06. The minimum atomic E-state index is -0.497. The number of amides is 1. The van der Waals surface area contributed by atoms with Crippen molar-refractivity contribution in [3.05, 3.63) is 29.8 Å². The topological polar surface area (TPSA) is 47.6 Å². The first-order valence-electron chi connectivity index (χ1n) is 6.55. The molecule has 0 aliphatic carbocycles. The molecule has 0 spiro atoms. The van der Waals surface area contributed by atoms with Gasteiger partial charge in [0, 0.05) is 5.33 Å². The highest BCUT2D eigenvalue weighted by atomic mass is 79.9. The van der Waals surface area contributed by atoms with Crippen molar-refractivity contribution in [2.75, 3.05) is 12.4 Å². The summed E-state index contributed by atoms with van der Waals surface area (Å²) in [4.78, 5) is 11.9. The number of methoxy groups -OCH3 is 1. The van der Waals surface area contributed by atoms with Crippen molar-refractivity contribution in [1.82, 2.24) is 5.32 Å². The molecule has 1 amide bonds. The molecule has 0 radical (unpaired) electrons. The first kappa shape index (κ1) is 16.8. The summed E-state index contributed by atoms with van der Waals surface area (Å²) in [6.07, 6.45) is 0.380. The van der Waals surface area contributed by atoms with E-state index in [-0.39, 0.29) is 6.04 Å². The number of halogens is 1. The average molecular weight is 344 g/mol. The Bertz CT molecular complexity index is 426. The Labute approximate surface area is 129 Å². The maximum absolute atomic E-state index is 11.9. The van der Waals surface area contributed by atoms with Gasteiger partial charge in [0.2, 0.25) is 0 Å². The van der Waals surface area contributed by atoms with Gasteiger partial charge in [-0.05, 0) is 44.9 Å². The van der Waals surface area contributed by atoms with Crippen LogP contribution < -0.4 is 10.1 Å². The summed E-state index contributed by atoms with van der Waals surface area (Å²) < 4.78 is 10.4. The van der Waals surface area contributed by atoms with Crippen molar-refractivity contribution in [2.45, 2.75) is 38.8 Å². The summed E-state index contributed by atoms with van der Waals surface area (Å²) in [5.41, 5.74) is 0.527. The minimum absolute atomic E-state index is 0.0878. The fourth-order valence-electron chi connectivity index (χ4n) is 1.72. The molecule has 0 unspecified atom stereocenters. The lowest BCUT2D eigenvalue weighted by molar-refractivity contribution is 0.0502. The third kappa shape index (κ3) is 5.82. The van der Waals surface area contributed by atoms with E-state index in [0.717, 1.165) is 23.1 Å². The number of benzene rings is 1. The first-order valence-corrected chi connectivity index (χ1v) is 7.67. The van der Waals surface area contributed by atoms with Gasteiger partial charge in [0.15, 0.2) is 0 Å². The molecule has 4 nitrogen and oxygen atoms in total. The first-order chi connectivity index (χ1) is 9.35. The van der Waals surface area contributed by atoms with Crippen molar-refractivity contribution in [3.63, 3.8) is 0 Å². The number of hydrogen-bond acceptors (Lipinski definition) is 3. The summed E-state index contributed by atoms with van der Waals surface area (Å²) in [5.74, 6) is 0.795. The Kier molecular flexibility index (Phi) is 6.33. The van der Waals surface area contributed by atoms with Gasteiger partial charge in [0.25, 0.3) is 0 Å². The molecule has 1 rings (SSSR count). The molecule has 1 atom stereocenters. The summed E-state index contributed by atoms with van der Waals surface area (Å²) in [7, 11) is 1.63. The Morgan fingerprint density at radius 3 is 2.35 bits per heavy atom. The number of alkyl carbamates (subject to hydrolysis) is 1. The maximum atomic E-state index is 11.9. The predicted octanol–water partition coefficient (Wildman–Crippen LogP) is 4.05. The van der Waals surface area contributed by atoms with E-state index >= 15 is 0 Å². The van der Waals surface area contributed by atoms with E-state index in [1.807, 2.05) is 45.0 Å². The van der Waals surface area contributed by atoms with E-state index < -0.39 is 11.7 Å². The molecule has 0 aliphatic heterocycles. The lowest BCUT2D eigenvalue weighted by atomic mass is 10.0. The SMILES string of the molecule is COc1ccc([C@H](CCBr)NC(=O)OC(C)(C)C)cc1. The second-order valence-electron chi connectivity index (χ2n) is 5.45. The second kappa shape index (κ2) is 7.53. The monoisotopic (exact) mass is 343 g/mol. The number of rotatable bonds is 5. The maximum Gasteiger partial charge on any atom is 0.408 e. The van der Waals surface area contributed by atoms with Crippen molar-refractivity contribution >= 4 is 22.0 Å². The number of ether oxygens (including phenoxy) is 2. The van der Waals surface area contributed by atoms with Crippen molar-refractivity contribution in [2.24, 2.45) is 0 Å². The van der Waals surface area contributed by atoms with Crippen LogP contribution in [0, 0.1) is 0 Å². The molecule has 0 heterocycles. The molecular weight excluding hydrogens is 322 g/mol. The molecule has 1 aromatic carbocycles. The highest BCUT2D eigenvalue weighted by Gasteiger charge is 2.20. The second-order valence-corrected chi connectivity index (χ2v) is 6.24. The van der Waals surface area contributed by atoms with Gasteiger partial charge in [0.05, 0.1) is 13.2 Å². The summed E-state index contributed by atoms with van der Waals surface area (Å²) >= 11 is 3.41. The molecule has 0 saturated heterocycles. The zero-order valence-corrected chi connectivity index (χ0v) is 14.0. The normalized spacial score (nSPS) is 12.7. The summed E-state index contributed by atoms with van der Waals surface area (Å²) in [6.45, 7) is 5.54. The van der Waals surface area contributed by atoms with Gasteiger partial charge in [-0.25, -0.2) is 4.79 Å². The molecule has 0 aliphatic rings. The van der Waals surface area contributed by atoms with Crippen LogP contribution in [-0.2, 0) is 4.74 Å². The van der Waals surface area contributed by atoms with Crippen LogP contribution in [0.2, 0.25) is 0 Å². The molecular formula is C15H22BrNO3. The van der Waals surface area contributed by atoms with Gasteiger partial charge >= 0.3 is 6.09 Å². The van der Waals surface area contributed by atoms with Crippen LogP contribution in [0.25, 0.3) is 0 Å². The summed E-state index contributed by atoms with van der Waals surface area (Å²) in [5, 5.41) is 3.69. The fourth-order valence-corrected chi connectivity index (χ4v) is 2.18. The number of carbonyl (C=O) groups excluding carboxylic acids is 1. The fraction of sp³-hybridized carbons (Fsp3) is 0.533. The van der Waals surface area contributed by atoms with Crippen molar-refractivity contribution in [3.8, 4) is 5.75 Å². The van der Waals surface area contributed by atoms with Crippen LogP contribution in [0.5, 0.6) is 5.75 Å². The lowest BCUT2D eigenvalue weighted by Crippen LogP contribution is -2.35.